The van der Waals surface area contributed by atoms with Gasteiger partial charge in [0, 0.05) is 49.1 Å². The molecule has 0 aliphatic carbocycles. The molecule has 1 amide bonds. The molecule has 0 N–H and O–H groups in total. The predicted octanol–water partition coefficient (Wildman–Crippen LogP) is 5.08. The third-order valence-corrected chi connectivity index (χ3v) is 6.65. The Kier molecular flexibility index (Phi) is 6.63. The first-order chi connectivity index (χ1) is 16.7. The number of hydrogen-bond donors (Lipinski definition) is 0. The monoisotopic (exact) mass is 454 g/mol. The number of amides is 1. The molecule has 2 heterocycles. The van der Waals surface area contributed by atoms with E-state index in [1.165, 1.54) is 22.0 Å². The van der Waals surface area contributed by atoms with Crippen LogP contribution >= 0.6 is 0 Å². The van der Waals surface area contributed by atoms with E-state index in [0.717, 1.165) is 17.9 Å². The number of carbonyl (C=O) groups is 1. The fourth-order valence-corrected chi connectivity index (χ4v) is 4.82. The molecule has 1 fully saturated rings. The summed E-state index contributed by atoms with van der Waals surface area (Å²) in [7, 11) is 1.67. The number of morpholine rings is 1. The largest absolute Gasteiger partial charge is 0.497 e. The molecule has 1 aromatic heterocycles. The third kappa shape index (κ3) is 4.70. The zero-order chi connectivity index (χ0) is 23.3. The van der Waals surface area contributed by atoms with Crippen LogP contribution in [0.1, 0.15) is 29.0 Å². The van der Waals surface area contributed by atoms with Crippen LogP contribution in [0.5, 0.6) is 5.75 Å². The fourth-order valence-electron chi connectivity index (χ4n) is 4.82. The molecule has 0 spiro atoms. The van der Waals surface area contributed by atoms with Gasteiger partial charge in [-0.15, -0.1) is 0 Å². The van der Waals surface area contributed by atoms with E-state index in [4.69, 9.17) is 9.47 Å². The first-order valence-corrected chi connectivity index (χ1v) is 11.8. The number of benzene rings is 3. The van der Waals surface area contributed by atoms with Gasteiger partial charge < -0.3 is 18.9 Å². The van der Waals surface area contributed by atoms with E-state index in [-0.39, 0.29) is 11.8 Å². The van der Waals surface area contributed by atoms with Crippen molar-refractivity contribution in [3.8, 4) is 5.75 Å². The van der Waals surface area contributed by atoms with E-state index in [2.05, 4.69) is 71.4 Å². The van der Waals surface area contributed by atoms with Crippen molar-refractivity contribution in [2.24, 2.45) is 0 Å². The van der Waals surface area contributed by atoms with Crippen molar-refractivity contribution >= 4 is 16.8 Å². The zero-order valence-corrected chi connectivity index (χ0v) is 19.5. The summed E-state index contributed by atoms with van der Waals surface area (Å²) < 4.78 is 13.1. The maximum atomic E-state index is 13.4. The molecule has 3 aromatic carbocycles. The second-order valence-electron chi connectivity index (χ2n) is 8.74. The van der Waals surface area contributed by atoms with Crippen LogP contribution < -0.4 is 4.74 Å². The standard InChI is InChI=1S/C29H30N2O3/c1-33-24-13-11-23(12-14-24)26(19-29(32)30-15-17-34-18-16-30)27-21-31(20-22-7-3-2-4-8-22)28-10-6-5-9-25(27)28/h2-14,21,26H,15-20H2,1H3. The molecule has 1 atom stereocenters. The van der Waals surface area contributed by atoms with Crippen molar-refractivity contribution in [1.29, 1.82) is 0 Å². The Morgan fingerprint density at radius 3 is 2.38 bits per heavy atom. The normalized spacial score (nSPS) is 14.8. The van der Waals surface area contributed by atoms with Gasteiger partial charge in [0.15, 0.2) is 0 Å². The molecule has 1 unspecified atom stereocenters. The number of carbonyl (C=O) groups excluding carboxylic acids is 1. The minimum absolute atomic E-state index is 0.0526. The first-order valence-electron chi connectivity index (χ1n) is 11.8. The summed E-state index contributed by atoms with van der Waals surface area (Å²) in [5.74, 6) is 0.931. The zero-order valence-electron chi connectivity index (χ0n) is 19.5. The molecule has 34 heavy (non-hydrogen) atoms. The van der Waals surface area contributed by atoms with E-state index in [9.17, 15) is 4.79 Å². The van der Waals surface area contributed by atoms with Crippen LogP contribution in [0, 0.1) is 0 Å². The number of methoxy groups -OCH3 is 1. The topological polar surface area (TPSA) is 43.7 Å². The van der Waals surface area contributed by atoms with E-state index in [0.29, 0.717) is 32.7 Å². The Morgan fingerprint density at radius 1 is 0.941 bits per heavy atom. The predicted molar refractivity (Wildman–Crippen MR) is 134 cm³/mol. The van der Waals surface area contributed by atoms with Crippen molar-refractivity contribution in [2.45, 2.75) is 18.9 Å². The van der Waals surface area contributed by atoms with Gasteiger partial charge in [0.1, 0.15) is 5.75 Å². The van der Waals surface area contributed by atoms with Gasteiger partial charge in [0.25, 0.3) is 0 Å². The van der Waals surface area contributed by atoms with Gasteiger partial charge in [0.2, 0.25) is 5.91 Å². The first kappa shape index (κ1) is 22.2. The highest BCUT2D eigenvalue weighted by Crippen LogP contribution is 2.36. The summed E-state index contributed by atoms with van der Waals surface area (Å²) in [5.41, 5.74) is 4.72. The summed E-state index contributed by atoms with van der Waals surface area (Å²) in [4.78, 5) is 15.3. The van der Waals surface area contributed by atoms with Gasteiger partial charge >= 0.3 is 0 Å². The lowest BCUT2D eigenvalue weighted by Crippen LogP contribution is -2.41. The van der Waals surface area contributed by atoms with E-state index < -0.39 is 0 Å². The van der Waals surface area contributed by atoms with Crippen LogP contribution in [0.4, 0.5) is 0 Å². The Balaban J connectivity index is 1.55. The lowest BCUT2D eigenvalue weighted by atomic mass is 9.87. The smallest absolute Gasteiger partial charge is 0.223 e. The van der Waals surface area contributed by atoms with Crippen LogP contribution in [0.2, 0.25) is 0 Å². The molecular formula is C29H30N2O3. The highest BCUT2D eigenvalue weighted by Gasteiger charge is 2.26. The Hall–Kier alpha value is -3.57. The van der Waals surface area contributed by atoms with Crippen LogP contribution in [-0.2, 0) is 16.1 Å². The van der Waals surface area contributed by atoms with Gasteiger partial charge in [-0.05, 0) is 34.9 Å². The number of aromatic nitrogens is 1. The highest BCUT2D eigenvalue weighted by molar-refractivity contribution is 5.87. The van der Waals surface area contributed by atoms with Crippen LogP contribution in [0.3, 0.4) is 0 Å². The Labute approximate surface area is 200 Å². The maximum absolute atomic E-state index is 13.4. The number of rotatable bonds is 7. The average Bonchev–Trinajstić information content (AvgIpc) is 3.26. The van der Waals surface area contributed by atoms with E-state index >= 15 is 0 Å². The minimum atomic E-state index is -0.0526. The lowest BCUT2D eigenvalue weighted by molar-refractivity contribution is -0.135. The second kappa shape index (κ2) is 10.1. The van der Waals surface area contributed by atoms with Crippen molar-refractivity contribution in [3.63, 3.8) is 0 Å². The van der Waals surface area contributed by atoms with Crippen molar-refractivity contribution < 1.29 is 14.3 Å². The fraction of sp³-hybridized carbons (Fsp3) is 0.276. The van der Waals surface area contributed by atoms with Crippen molar-refractivity contribution in [2.75, 3.05) is 33.4 Å². The van der Waals surface area contributed by atoms with Gasteiger partial charge in [-0.1, -0.05) is 60.7 Å². The van der Waals surface area contributed by atoms with Gasteiger partial charge in [-0.25, -0.2) is 0 Å². The summed E-state index contributed by atoms with van der Waals surface area (Å²) >= 11 is 0. The lowest BCUT2D eigenvalue weighted by Gasteiger charge is -2.28. The molecule has 0 bridgehead atoms. The Morgan fingerprint density at radius 2 is 1.65 bits per heavy atom. The molecule has 4 aromatic rings. The quantitative estimate of drug-likeness (QED) is 0.391. The van der Waals surface area contributed by atoms with Crippen molar-refractivity contribution in [1.82, 2.24) is 9.47 Å². The molecule has 1 aliphatic rings. The highest BCUT2D eigenvalue weighted by atomic mass is 16.5. The van der Waals surface area contributed by atoms with Crippen LogP contribution in [-0.4, -0.2) is 48.8 Å². The number of fused-ring (bicyclic) bond motifs is 1. The maximum Gasteiger partial charge on any atom is 0.223 e. The van der Waals surface area contributed by atoms with E-state index in [1.54, 1.807) is 7.11 Å². The van der Waals surface area contributed by atoms with Gasteiger partial charge in [-0.2, -0.15) is 0 Å². The molecular weight excluding hydrogens is 424 g/mol. The van der Waals surface area contributed by atoms with Gasteiger partial charge in [0.05, 0.1) is 20.3 Å². The van der Waals surface area contributed by atoms with Crippen LogP contribution in [0.25, 0.3) is 10.9 Å². The molecule has 1 saturated heterocycles. The summed E-state index contributed by atoms with van der Waals surface area (Å²) in [6, 6.07) is 27.1. The molecule has 0 radical (unpaired) electrons. The Bertz CT molecular complexity index is 1240. The summed E-state index contributed by atoms with van der Waals surface area (Å²) in [6.45, 7) is 3.31. The molecule has 5 nitrogen and oxygen atoms in total. The molecule has 5 heteroatoms. The molecule has 1 aliphatic heterocycles. The number of hydrogen-bond acceptors (Lipinski definition) is 3. The molecule has 174 valence electrons. The minimum Gasteiger partial charge on any atom is -0.497 e. The summed E-state index contributed by atoms with van der Waals surface area (Å²) in [6.07, 6.45) is 2.66. The third-order valence-electron chi connectivity index (χ3n) is 6.65. The average molecular weight is 455 g/mol. The summed E-state index contributed by atoms with van der Waals surface area (Å²) in [5, 5.41) is 1.19. The van der Waals surface area contributed by atoms with Crippen LogP contribution in [0.15, 0.2) is 85.1 Å². The van der Waals surface area contributed by atoms with E-state index in [1.807, 2.05) is 23.1 Å². The van der Waals surface area contributed by atoms with Crippen molar-refractivity contribution in [3.05, 3.63) is 102 Å². The molecule has 0 saturated carbocycles. The molecule has 5 rings (SSSR count). The SMILES string of the molecule is COc1ccc(C(CC(=O)N2CCOCC2)c2cn(Cc3ccccc3)c3ccccc23)cc1. The number of para-hydroxylation sites is 1. The second-order valence-corrected chi connectivity index (χ2v) is 8.74. The number of nitrogens with zero attached hydrogens (tertiary/aromatic N) is 2. The van der Waals surface area contributed by atoms with Gasteiger partial charge in [-0.3, -0.25) is 4.79 Å². The number of ether oxygens (including phenoxy) is 2.